The van der Waals surface area contributed by atoms with Crippen LogP contribution in [0.15, 0.2) is 36.4 Å². The van der Waals surface area contributed by atoms with E-state index in [1.54, 1.807) is 14.2 Å². The summed E-state index contributed by atoms with van der Waals surface area (Å²) in [6.45, 7) is 10.1. The molecule has 2 aromatic rings. The third-order valence-corrected chi connectivity index (χ3v) is 6.38. The summed E-state index contributed by atoms with van der Waals surface area (Å²) in [5.41, 5.74) is 5.13. The first-order chi connectivity index (χ1) is 14.9. The second kappa shape index (κ2) is 10.2. The molecule has 0 aromatic heterocycles. The van der Waals surface area contributed by atoms with Crippen LogP contribution in [0.4, 0.5) is 0 Å². The lowest BCUT2D eigenvalue weighted by atomic mass is 9.86. The van der Waals surface area contributed by atoms with Crippen LogP contribution >= 0.6 is 0 Å². The Morgan fingerprint density at radius 1 is 1.13 bits per heavy atom. The number of nitrogens with one attached hydrogen (secondary N) is 2. The number of methoxy groups -OCH3 is 2. The van der Waals surface area contributed by atoms with Crippen molar-refractivity contribution in [3.8, 4) is 11.5 Å². The van der Waals surface area contributed by atoms with Crippen molar-refractivity contribution in [2.24, 2.45) is 5.92 Å². The highest BCUT2D eigenvalue weighted by molar-refractivity contribution is 5.78. The van der Waals surface area contributed by atoms with Gasteiger partial charge in [0.2, 0.25) is 5.91 Å². The fourth-order valence-corrected chi connectivity index (χ4v) is 4.55. The van der Waals surface area contributed by atoms with Gasteiger partial charge in [-0.05, 0) is 31.0 Å². The standard InChI is InChI=1S/C26H36N2O3/c1-7-22(27-26(29)17(2)3)25-21-15-24(31-6)23(30-5)14-20(21)12-13-28(25)16-19-10-8-18(4)9-11-19/h8-11,14-15,17,22,25H,7,12-13,16H2,1-6H3,(H,27,29)/p+1/t22-,25+/m1/s1. The van der Waals surface area contributed by atoms with Gasteiger partial charge < -0.3 is 19.7 Å². The summed E-state index contributed by atoms with van der Waals surface area (Å²) in [6.07, 6.45) is 1.84. The van der Waals surface area contributed by atoms with Gasteiger partial charge in [0.25, 0.3) is 0 Å². The molecular weight excluding hydrogens is 388 g/mol. The molecular formula is C26H37N2O3+. The van der Waals surface area contributed by atoms with E-state index in [0.717, 1.165) is 37.4 Å². The monoisotopic (exact) mass is 425 g/mol. The van der Waals surface area contributed by atoms with Gasteiger partial charge in [-0.15, -0.1) is 0 Å². The smallest absolute Gasteiger partial charge is 0.222 e. The van der Waals surface area contributed by atoms with Gasteiger partial charge in [-0.1, -0.05) is 50.6 Å². The fourth-order valence-electron chi connectivity index (χ4n) is 4.55. The van der Waals surface area contributed by atoms with Gasteiger partial charge >= 0.3 is 0 Å². The molecule has 0 radical (unpaired) electrons. The normalized spacial score (nSPS) is 18.9. The Morgan fingerprint density at radius 2 is 1.77 bits per heavy atom. The van der Waals surface area contributed by atoms with Crippen LogP contribution < -0.4 is 19.7 Å². The predicted molar refractivity (Wildman–Crippen MR) is 124 cm³/mol. The molecule has 1 heterocycles. The van der Waals surface area contributed by atoms with Gasteiger partial charge in [0, 0.05) is 23.5 Å². The summed E-state index contributed by atoms with van der Waals surface area (Å²) in [5, 5.41) is 3.34. The Kier molecular flexibility index (Phi) is 7.60. The number of benzene rings is 2. The molecule has 1 aliphatic rings. The number of quaternary nitrogens is 1. The molecule has 3 rings (SSSR count). The number of carbonyl (C=O) groups is 1. The number of rotatable bonds is 8. The summed E-state index contributed by atoms with van der Waals surface area (Å²) >= 11 is 0. The lowest BCUT2D eigenvalue weighted by molar-refractivity contribution is -0.948. The summed E-state index contributed by atoms with van der Waals surface area (Å²) in [4.78, 5) is 14.1. The van der Waals surface area contributed by atoms with E-state index in [2.05, 4.69) is 55.6 Å². The van der Waals surface area contributed by atoms with E-state index in [1.165, 1.54) is 27.2 Å². The molecule has 1 aliphatic heterocycles. The maximum absolute atomic E-state index is 12.6. The molecule has 0 spiro atoms. The first-order valence-electron chi connectivity index (χ1n) is 11.3. The van der Waals surface area contributed by atoms with Gasteiger partial charge in [0.05, 0.1) is 26.8 Å². The number of amides is 1. The molecule has 5 heteroatoms. The Labute approximate surface area is 186 Å². The highest BCUT2D eigenvalue weighted by atomic mass is 16.5. The molecule has 31 heavy (non-hydrogen) atoms. The lowest BCUT2D eigenvalue weighted by Crippen LogP contribution is -3.13. The first kappa shape index (κ1) is 23.1. The molecule has 1 amide bonds. The third kappa shape index (κ3) is 5.21. The molecule has 0 saturated carbocycles. The average molecular weight is 426 g/mol. The molecule has 0 bridgehead atoms. The van der Waals surface area contributed by atoms with Crippen LogP contribution in [-0.4, -0.2) is 32.7 Å². The first-order valence-corrected chi connectivity index (χ1v) is 11.3. The molecule has 0 fully saturated rings. The van der Waals surface area contributed by atoms with E-state index < -0.39 is 0 Å². The molecule has 3 atom stereocenters. The molecule has 0 aliphatic carbocycles. The van der Waals surface area contributed by atoms with Gasteiger partial charge in [0.15, 0.2) is 11.5 Å². The third-order valence-electron chi connectivity index (χ3n) is 6.38. The number of fused-ring (bicyclic) bond motifs is 1. The summed E-state index contributed by atoms with van der Waals surface area (Å²) in [5.74, 6) is 1.58. The quantitative estimate of drug-likeness (QED) is 0.683. The van der Waals surface area contributed by atoms with Gasteiger partial charge in [-0.3, -0.25) is 4.79 Å². The predicted octanol–water partition coefficient (Wildman–Crippen LogP) is 3.25. The van der Waals surface area contributed by atoms with E-state index in [4.69, 9.17) is 9.47 Å². The van der Waals surface area contributed by atoms with Crippen molar-refractivity contribution in [1.29, 1.82) is 0 Å². The SMILES string of the molecule is CC[C@@H](NC(=O)C(C)C)[C@@H]1c2cc(OC)c(OC)cc2CC[NH+]1Cc1ccc(C)cc1. The van der Waals surface area contributed by atoms with Crippen molar-refractivity contribution >= 4 is 5.91 Å². The topological polar surface area (TPSA) is 52.0 Å². The Hall–Kier alpha value is -2.53. The van der Waals surface area contributed by atoms with Crippen LogP contribution in [0.25, 0.3) is 0 Å². The summed E-state index contributed by atoms with van der Waals surface area (Å²) in [7, 11) is 3.36. The zero-order chi connectivity index (χ0) is 22.5. The molecule has 1 unspecified atom stereocenters. The van der Waals surface area contributed by atoms with E-state index >= 15 is 0 Å². The Bertz CT molecular complexity index is 892. The van der Waals surface area contributed by atoms with E-state index in [-0.39, 0.29) is 23.9 Å². The van der Waals surface area contributed by atoms with Crippen molar-refractivity contribution in [2.75, 3.05) is 20.8 Å². The van der Waals surface area contributed by atoms with Crippen LogP contribution in [0.5, 0.6) is 11.5 Å². The molecule has 5 nitrogen and oxygen atoms in total. The highest BCUT2D eigenvalue weighted by Gasteiger charge is 2.38. The number of aryl methyl sites for hydroxylation is 1. The zero-order valence-electron chi connectivity index (χ0n) is 19.7. The minimum Gasteiger partial charge on any atom is -0.493 e. The molecule has 168 valence electrons. The summed E-state index contributed by atoms with van der Waals surface area (Å²) in [6, 6.07) is 13.2. The fraction of sp³-hybridized carbons (Fsp3) is 0.500. The number of hydrogen-bond acceptors (Lipinski definition) is 3. The van der Waals surface area contributed by atoms with Crippen LogP contribution in [0.1, 0.15) is 55.5 Å². The van der Waals surface area contributed by atoms with Gasteiger partial charge in [0.1, 0.15) is 12.6 Å². The number of ether oxygens (including phenoxy) is 2. The number of hydrogen-bond donors (Lipinski definition) is 2. The van der Waals surface area contributed by atoms with Crippen molar-refractivity contribution < 1.29 is 19.2 Å². The zero-order valence-corrected chi connectivity index (χ0v) is 19.7. The van der Waals surface area contributed by atoms with Gasteiger partial charge in [-0.2, -0.15) is 0 Å². The van der Waals surface area contributed by atoms with Crippen LogP contribution in [-0.2, 0) is 17.8 Å². The van der Waals surface area contributed by atoms with Crippen LogP contribution in [0.3, 0.4) is 0 Å². The van der Waals surface area contributed by atoms with Crippen molar-refractivity contribution in [1.82, 2.24) is 5.32 Å². The average Bonchev–Trinajstić information content (AvgIpc) is 2.77. The van der Waals surface area contributed by atoms with Crippen LogP contribution in [0.2, 0.25) is 0 Å². The Balaban J connectivity index is 2.02. The maximum Gasteiger partial charge on any atom is 0.222 e. The second-order valence-corrected chi connectivity index (χ2v) is 8.88. The second-order valence-electron chi connectivity index (χ2n) is 8.88. The molecule has 2 aromatic carbocycles. The lowest BCUT2D eigenvalue weighted by Gasteiger charge is -2.39. The van der Waals surface area contributed by atoms with Crippen molar-refractivity contribution in [2.45, 2.75) is 59.2 Å². The van der Waals surface area contributed by atoms with Crippen LogP contribution in [0, 0.1) is 12.8 Å². The van der Waals surface area contributed by atoms with Gasteiger partial charge in [-0.25, -0.2) is 0 Å². The summed E-state index contributed by atoms with van der Waals surface area (Å²) < 4.78 is 11.2. The number of carbonyl (C=O) groups excluding carboxylic acids is 1. The van der Waals surface area contributed by atoms with E-state index in [9.17, 15) is 4.79 Å². The van der Waals surface area contributed by atoms with Crippen molar-refractivity contribution in [3.05, 3.63) is 58.7 Å². The van der Waals surface area contributed by atoms with Crippen molar-refractivity contribution in [3.63, 3.8) is 0 Å². The Morgan fingerprint density at radius 3 is 2.35 bits per heavy atom. The maximum atomic E-state index is 12.6. The molecule has 0 saturated heterocycles. The van der Waals surface area contributed by atoms with E-state index in [1.807, 2.05) is 13.8 Å². The molecule has 2 N–H and O–H groups in total. The minimum absolute atomic E-state index is 0.0388. The largest absolute Gasteiger partial charge is 0.493 e. The minimum atomic E-state index is -0.0388. The van der Waals surface area contributed by atoms with E-state index in [0.29, 0.717) is 0 Å². The highest BCUT2D eigenvalue weighted by Crippen LogP contribution is 2.35.